The first kappa shape index (κ1) is 26.4. The lowest BCUT2D eigenvalue weighted by Gasteiger charge is -2.33. The summed E-state index contributed by atoms with van der Waals surface area (Å²) in [5, 5.41) is 21.9. The molecule has 6 aromatic carbocycles. The van der Waals surface area contributed by atoms with Gasteiger partial charge in [-0.25, -0.2) is 0 Å². The van der Waals surface area contributed by atoms with Crippen molar-refractivity contribution in [2.75, 3.05) is 0 Å². The summed E-state index contributed by atoms with van der Waals surface area (Å²) in [5.74, 6) is 0. The van der Waals surface area contributed by atoms with E-state index in [9.17, 15) is 5.11 Å². The van der Waals surface area contributed by atoms with Crippen LogP contribution >= 0.6 is 15.8 Å². The van der Waals surface area contributed by atoms with Gasteiger partial charge in [0.25, 0.3) is 0 Å². The molecular formula is C37H29OP2-. The molecule has 6 rings (SSSR count). The molecule has 0 amide bonds. The highest BCUT2D eigenvalue weighted by molar-refractivity contribution is 7.80. The molecule has 0 N–H and O–H groups in total. The summed E-state index contributed by atoms with van der Waals surface area (Å²) in [5.41, 5.74) is 1.70. The smallest absolute Gasteiger partial charge is 0.0127 e. The van der Waals surface area contributed by atoms with Crippen LogP contribution < -0.4 is 36.9 Å². The van der Waals surface area contributed by atoms with Crippen molar-refractivity contribution in [3.05, 3.63) is 181 Å². The number of hydrogen-bond acceptors (Lipinski definition) is 1. The highest BCUT2D eigenvalue weighted by atomic mass is 31.1. The standard InChI is InChI=1S/C37H29OP2/c38-37(33-25-13-15-27-35(33)39(29-17-5-1-6-18-29)30-19-7-2-8-20-30)34-26-14-16-28-36(34)40(31-21-9-3-10-22-31)32-23-11-4-12-24-32/h1-28,37H/q-1. The molecule has 0 bridgehead atoms. The van der Waals surface area contributed by atoms with Gasteiger partial charge in [-0.2, -0.15) is 0 Å². The van der Waals surface area contributed by atoms with Crippen LogP contribution in [0.2, 0.25) is 0 Å². The zero-order valence-electron chi connectivity index (χ0n) is 22.0. The topological polar surface area (TPSA) is 23.1 Å². The maximum absolute atomic E-state index is 14.7. The maximum atomic E-state index is 14.7. The normalized spacial score (nSPS) is 11.3. The van der Waals surface area contributed by atoms with E-state index in [0.29, 0.717) is 0 Å². The average Bonchev–Trinajstić information content (AvgIpc) is 3.04. The quantitative estimate of drug-likeness (QED) is 0.224. The minimum atomic E-state index is -1.01. The molecule has 194 valence electrons. The van der Waals surface area contributed by atoms with E-state index in [-0.39, 0.29) is 0 Å². The molecule has 0 aliphatic carbocycles. The summed E-state index contributed by atoms with van der Waals surface area (Å²) in [7, 11) is -1.79. The van der Waals surface area contributed by atoms with Crippen molar-refractivity contribution < 1.29 is 5.11 Å². The SMILES string of the molecule is [O-]C(c1ccccc1P(c1ccccc1)c1ccccc1)c1ccccc1P(c1ccccc1)c1ccccc1. The summed E-state index contributed by atoms with van der Waals surface area (Å²) in [6, 6.07) is 59.0. The molecule has 0 unspecified atom stereocenters. The van der Waals surface area contributed by atoms with E-state index in [4.69, 9.17) is 0 Å². The molecule has 0 fully saturated rings. The molecule has 0 aliphatic heterocycles. The number of benzene rings is 6. The molecule has 6 aromatic rings. The molecule has 0 spiro atoms. The predicted octanol–water partition coefficient (Wildman–Crippen LogP) is 5.65. The molecule has 40 heavy (non-hydrogen) atoms. The first-order valence-corrected chi connectivity index (χ1v) is 16.1. The van der Waals surface area contributed by atoms with Gasteiger partial charge in [0.15, 0.2) is 0 Å². The Labute approximate surface area is 239 Å². The second-order valence-corrected chi connectivity index (χ2v) is 13.9. The average molecular weight is 552 g/mol. The first-order valence-electron chi connectivity index (χ1n) is 13.5. The lowest BCUT2D eigenvalue weighted by molar-refractivity contribution is -0.411. The zero-order valence-corrected chi connectivity index (χ0v) is 23.8. The number of rotatable bonds is 8. The van der Waals surface area contributed by atoms with Gasteiger partial charge in [0.05, 0.1) is 0 Å². The predicted molar refractivity (Wildman–Crippen MR) is 172 cm³/mol. The first-order chi connectivity index (χ1) is 19.8. The Morgan fingerprint density at radius 3 is 0.875 bits per heavy atom. The van der Waals surface area contributed by atoms with Gasteiger partial charge in [-0.05, 0) is 58.8 Å². The lowest BCUT2D eigenvalue weighted by atomic mass is 10.0. The van der Waals surface area contributed by atoms with E-state index in [1.54, 1.807) is 0 Å². The fourth-order valence-electron chi connectivity index (χ4n) is 5.16. The summed E-state index contributed by atoms with van der Waals surface area (Å²) < 4.78 is 0. The third-order valence-electron chi connectivity index (χ3n) is 6.98. The molecule has 1 nitrogen and oxygen atoms in total. The molecular weight excluding hydrogens is 522 g/mol. The second-order valence-electron chi connectivity index (χ2n) is 9.51. The molecule has 0 saturated carbocycles. The minimum Gasteiger partial charge on any atom is -0.845 e. The van der Waals surface area contributed by atoms with Crippen LogP contribution in [0.15, 0.2) is 170 Å². The Bertz CT molecular complexity index is 1450. The minimum absolute atomic E-state index is 0.852. The van der Waals surface area contributed by atoms with Gasteiger partial charge in [0, 0.05) is 0 Å². The Morgan fingerprint density at radius 1 is 0.325 bits per heavy atom. The van der Waals surface area contributed by atoms with E-state index in [0.717, 1.165) is 21.7 Å². The Morgan fingerprint density at radius 2 is 0.575 bits per heavy atom. The molecule has 0 aliphatic rings. The van der Waals surface area contributed by atoms with Crippen LogP contribution in [-0.2, 0) is 0 Å². The Balaban J connectivity index is 1.51. The van der Waals surface area contributed by atoms with Crippen LogP contribution in [0, 0.1) is 0 Å². The van der Waals surface area contributed by atoms with E-state index in [2.05, 4.69) is 146 Å². The van der Waals surface area contributed by atoms with Crippen LogP contribution in [-0.4, -0.2) is 0 Å². The summed E-state index contributed by atoms with van der Waals surface area (Å²) in [6.45, 7) is 0. The fraction of sp³-hybridized carbons (Fsp3) is 0.0270. The van der Waals surface area contributed by atoms with Crippen LogP contribution in [0.25, 0.3) is 0 Å². The van der Waals surface area contributed by atoms with Crippen LogP contribution in [0.5, 0.6) is 0 Å². The van der Waals surface area contributed by atoms with E-state index in [1.807, 2.05) is 24.3 Å². The van der Waals surface area contributed by atoms with Crippen molar-refractivity contribution in [2.24, 2.45) is 0 Å². The van der Waals surface area contributed by atoms with Crippen molar-refractivity contribution >= 4 is 47.7 Å². The molecule has 0 aromatic heterocycles. The van der Waals surface area contributed by atoms with Gasteiger partial charge in [0.1, 0.15) is 0 Å². The van der Waals surface area contributed by atoms with Crippen LogP contribution in [0.4, 0.5) is 0 Å². The van der Waals surface area contributed by atoms with Crippen LogP contribution in [0.1, 0.15) is 17.2 Å². The van der Waals surface area contributed by atoms with Gasteiger partial charge >= 0.3 is 0 Å². The van der Waals surface area contributed by atoms with Crippen molar-refractivity contribution in [2.45, 2.75) is 6.10 Å². The van der Waals surface area contributed by atoms with Crippen LogP contribution in [0.3, 0.4) is 0 Å². The van der Waals surface area contributed by atoms with Crippen molar-refractivity contribution in [3.8, 4) is 0 Å². The molecule has 0 heterocycles. The van der Waals surface area contributed by atoms with Gasteiger partial charge in [-0.15, -0.1) is 0 Å². The second kappa shape index (κ2) is 12.5. The van der Waals surface area contributed by atoms with Crippen molar-refractivity contribution in [3.63, 3.8) is 0 Å². The van der Waals surface area contributed by atoms with E-state index >= 15 is 0 Å². The molecule has 3 heteroatoms. The fourth-order valence-corrected chi connectivity index (χ4v) is 10.1. The largest absolute Gasteiger partial charge is 0.845 e. The monoisotopic (exact) mass is 551 g/mol. The number of hydrogen-bond donors (Lipinski definition) is 0. The molecule has 0 saturated heterocycles. The van der Waals surface area contributed by atoms with Gasteiger partial charge in [0.2, 0.25) is 0 Å². The maximum Gasteiger partial charge on any atom is -0.0127 e. The van der Waals surface area contributed by atoms with Crippen molar-refractivity contribution in [1.82, 2.24) is 0 Å². The summed E-state index contributed by atoms with van der Waals surface area (Å²) in [4.78, 5) is 0. The third-order valence-corrected chi connectivity index (χ3v) is 12.0. The highest BCUT2D eigenvalue weighted by Gasteiger charge is 2.24. The molecule has 0 atom stereocenters. The third kappa shape index (κ3) is 5.56. The van der Waals surface area contributed by atoms with Gasteiger partial charge in [-0.3, -0.25) is 0 Å². The van der Waals surface area contributed by atoms with Gasteiger partial charge in [-0.1, -0.05) is 176 Å². The highest BCUT2D eigenvalue weighted by Crippen LogP contribution is 2.39. The zero-order chi connectivity index (χ0) is 27.1. The van der Waals surface area contributed by atoms with E-state index < -0.39 is 21.9 Å². The van der Waals surface area contributed by atoms with Gasteiger partial charge < -0.3 is 5.11 Å². The lowest BCUT2D eigenvalue weighted by Crippen LogP contribution is -2.32. The Kier molecular flexibility index (Phi) is 8.27. The van der Waals surface area contributed by atoms with Crippen molar-refractivity contribution in [1.29, 1.82) is 0 Å². The summed E-state index contributed by atoms with van der Waals surface area (Å²) >= 11 is 0. The molecule has 0 radical (unpaired) electrons. The van der Waals surface area contributed by atoms with E-state index in [1.165, 1.54) is 21.2 Å². The Hall–Kier alpha value is -3.86. The summed E-state index contributed by atoms with van der Waals surface area (Å²) in [6.07, 6.45) is -1.01.